The molecule has 0 saturated heterocycles. The summed E-state index contributed by atoms with van der Waals surface area (Å²) >= 11 is 0. The van der Waals surface area contributed by atoms with Crippen LogP contribution in [0.2, 0.25) is 0 Å². The van der Waals surface area contributed by atoms with Crippen LogP contribution < -0.4 is 10.1 Å². The summed E-state index contributed by atoms with van der Waals surface area (Å²) in [5.41, 5.74) is 1.31. The molecule has 3 aromatic carbocycles. The van der Waals surface area contributed by atoms with Crippen LogP contribution in [0.4, 0.5) is 23.2 Å². The van der Waals surface area contributed by atoms with E-state index in [1.54, 1.807) is 47.3 Å². The molecule has 0 aliphatic heterocycles. The summed E-state index contributed by atoms with van der Waals surface area (Å²) in [6.45, 7) is 0.270. The number of halogens is 4. The topological polar surface area (TPSA) is 56.2 Å². The van der Waals surface area contributed by atoms with Gasteiger partial charge in [-0.1, -0.05) is 36.4 Å². The average molecular weight is 469 g/mol. The van der Waals surface area contributed by atoms with Crippen molar-refractivity contribution in [2.45, 2.75) is 19.3 Å². The number of carbonyl (C=O) groups excluding carboxylic acids is 1. The van der Waals surface area contributed by atoms with E-state index in [1.165, 1.54) is 36.5 Å². The number of anilines is 1. The number of nitrogens with one attached hydrogen (secondary N) is 1. The lowest BCUT2D eigenvalue weighted by molar-refractivity contribution is -0.139. The number of alkyl halides is 3. The van der Waals surface area contributed by atoms with Crippen molar-refractivity contribution in [3.05, 3.63) is 113 Å². The van der Waals surface area contributed by atoms with Gasteiger partial charge in [0.05, 0.1) is 24.0 Å². The lowest BCUT2D eigenvalue weighted by Gasteiger charge is -2.14. The van der Waals surface area contributed by atoms with Gasteiger partial charge in [-0.3, -0.25) is 9.48 Å². The number of para-hydroxylation sites is 1. The van der Waals surface area contributed by atoms with Gasteiger partial charge in [0.15, 0.2) is 0 Å². The van der Waals surface area contributed by atoms with E-state index in [-0.39, 0.29) is 18.2 Å². The molecule has 0 atom stereocenters. The van der Waals surface area contributed by atoms with Crippen LogP contribution in [0.5, 0.6) is 5.75 Å². The fourth-order valence-electron chi connectivity index (χ4n) is 3.28. The third-order valence-corrected chi connectivity index (χ3v) is 4.92. The second-order valence-electron chi connectivity index (χ2n) is 7.49. The van der Waals surface area contributed by atoms with Gasteiger partial charge < -0.3 is 10.1 Å². The molecule has 1 aromatic heterocycles. The van der Waals surface area contributed by atoms with Crippen molar-refractivity contribution in [2.75, 3.05) is 5.32 Å². The zero-order chi connectivity index (χ0) is 24.1. The quantitative estimate of drug-likeness (QED) is 0.342. The van der Waals surface area contributed by atoms with Crippen LogP contribution in [0.25, 0.3) is 0 Å². The molecule has 1 heterocycles. The van der Waals surface area contributed by atoms with Gasteiger partial charge in [-0.05, 0) is 47.5 Å². The zero-order valence-corrected chi connectivity index (χ0v) is 17.7. The number of nitrogens with zero attached hydrogens (tertiary/aromatic N) is 2. The predicted molar refractivity (Wildman–Crippen MR) is 118 cm³/mol. The van der Waals surface area contributed by atoms with Gasteiger partial charge in [-0.15, -0.1) is 0 Å². The fraction of sp³-hybridized carbons (Fsp3) is 0.120. The molecule has 0 aliphatic carbocycles. The molecule has 0 fully saturated rings. The van der Waals surface area contributed by atoms with Crippen LogP contribution in [0.15, 0.2) is 85.2 Å². The molecule has 4 rings (SSSR count). The Morgan fingerprint density at radius 2 is 1.74 bits per heavy atom. The van der Waals surface area contributed by atoms with Crippen molar-refractivity contribution in [1.82, 2.24) is 9.78 Å². The van der Waals surface area contributed by atoms with E-state index in [4.69, 9.17) is 4.74 Å². The van der Waals surface area contributed by atoms with E-state index in [1.807, 2.05) is 0 Å². The summed E-state index contributed by atoms with van der Waals surface area (Å²) in [6.07, 6.45) is -1.40. The van der Waals surface area contributed by atoms with Crippen LogP contribution in [0, 0.1) is 5.82 Å². The number of carbonyl (C=O) groups is 1. The number of aromatic nitrogens is 2. The zero-order valence-electron chi connectivity index (χ0n) is 17.7. The highest BCUT2D eigenvalue weighted by Crippen LogP contribution is 2.36. The maximum atomic E-state index is 13.1. The molecular formula is C25H19F4N3O2. The third kappa shape index (κ3) is 5.80. The highest BCUT2D eigenvalue weighted by atomic mass is 19.4. The van der Waals surface area contributed by atoms with Crippen molar-refractivity contribution in [1.29, 1.82) is 0 Å². The summed E-state index contributed by atoms with van der Waals surface area (Å²) < 4.78 is 59.4. The predicted octanol–water partition coefficient (Wildman–Crippen LogP) is 5.92. The van der Waals surface area contributed by atoms with Crippen LogP contribution in [-0.2, 0) is 19.3 Å². The summed E-state index contributed by atoms with van der Waals surface area (Å²) in [5.74, 6) is -1.01. The Morgan fingerprint density at radius 1 is 0.971 bits per heavy atom. The van der Waals surface area contributed by atoms with Crippen molar-refractivity contribution in [3.63, 3.8) is 0 Å². The Morgan fingerprint density at radius 3 is 2.50 bits per heavy atom. The minimum absolute atomic E-state index is 0.135. The summed E-state index contributed by atoms with van der Waals surface area (Å²) in [6, 6.07) is 17.4. The van der Waals surface area contributed by atoms with Gasteiger partial charge >= 0.3 is 6.18 Å². The molecule has 0 saturated carbocycles. The fourth-order valence-corrected chi connectivity index (χ4v) is 3.28. The van der Waals surface area contributed by atoms with E-state index in [0.29, 0.717) is 23.4 Å². The lowest BCUT2D eigenvalue weighted by atomic mass is 10.1. The maximum Gasteiger partial charge on any atom is 0.419 e. The average Bonchev–Trinajstić information content (AvgIpc) is 3.25. The molecule has 0 bridgehead atoms. The minimum atomic E-state index is -4.53. The molecule has 0 aliphatic rings. The molecule has 1 amide bonds. The maximum absolute atomic E-state index is 13.1. The first kappa shape index (κ1) is 23.0. The van der Waals surface area contributed by atoms with E-state index in [9.17, 15) is 22.4 Å². The third-order valence-electron chi connectivity index (χ3n) is 4.92. The lowest BCUT2D eigenvalue weighted by Crippen LogP contribution is -2.12. The highest BCUT2D eigenvalue weighted by Gasteiger charge is 2.34. The van der Waals surface area contributed by atoms with Crippen molar-refractivity contribution >= 4 is 11.6 Å². The second-order valence-corrected chi connectivity index (χ2v) is 7.49. The number of amides is 1. The van der Waals surface area contributed by atoms with Crippen molar-refractivity contribution in [3.8, 4) is 5.75 Å². The SMILES string of the molecule is O=C(Nc1cnn(Cc2ccc(F)cc2)c1)c1cccc(COc2ccccc2C(F)(F)F)c1. The van der Waals surface area contributed by atoms with Crippen molar-refractivity contribution < 1.29 is 27.1 Å². The number of benzene rings is 3. The molecule has 0 unspecified atom stereocenters. The number of ether oxygens (including phenoxy) is 1. The molecular weight excluding hydrogens is 450 g/mol. The Hall–Kier alpha value is -4.14. The molecule has 5 nitrogen and oxygen atoms in total. The molecule has 4 aromatic rings. The Balaban J connectivity index is 1.39. The largest absolute Gasteiger partial charge is 0.488 e. The molecule has 174 valence electrons. The Labute approximate surface area is 192 Å². The van der Waals surface area contributed by atoms with Crippen LogP contribution in [0.3, 0.4) is 0 Å². The second kappa shape index (κ2) is 9.78. The van der Waals surface area contributed by atoms with Gasteiger partial charge in [-0.2, -0.15) is 18.3 Å². The first-order valence-corrected chi connectivity index (χ1v) is 10.2. The van der Waals surface area contributed by atoms with Gasteiger partial charge in [0.1, 0.15) is 18.2 Å². The standard InChI is InChI=1S/C25H19F4N3O2/c26-20-10-8-17(9-11-20)14-32-15-21(13-30-32)31-24(33)19-5-3-4-18(12-19)16-34-23-7-2-1-6-22(23)25(27,28)29/h1-13,15H,14,16H2,(H,31,33). The van der Waals surface area contributed by atoms with Gasteiger partial charge in [0, 0.05) is 11.8 Å². The summed E-state index contributed by atoms with van der Waals surface area (Å²) in [4.78, 5) is 12.7. The molecule has 34 heavy (non-hydrogen) atoms. The minimum Gasteiger partial charge on any atom is -0.488 e. The van der Waals surface area contributed by atoms with Crippen LogP contribution in [-0.4, -0.2) is 15.7 Å². The molecule has 9 heteroatoms. The monoisotopic (exact) mass is 469 g/mol. The van der Waals surface area contributed by atoms with Crippen molar-refractivity contribution in [2.24, 2.45) is 0 Å². The van der Waals surface area contributed by atoms with E-state index in [0.717, 1.165) is 11.6 Å². The Bertz CT molecular complexity index is 1280. The summed E-state index contributed by atoms with van der Waals surface area (Å²) in [5, 5.41) is 6.92. The van der Waals surface area contributed by atoms with E-state index >= 15 is 0 Å². The van der Waals surface area contributed by atoms with Gasteiger partial charge in [-0.25, -0.2) is 4.39 Å². The molecule has 1 N–H and O–H groups in total. The highest BCUT2D eigenvalue weighted by molar-refractivity contribution is 6.04. The number of rotatable bonds is 7. The van der Waals surface area contributed by atoms with Crippen LogP contribution in [0.1, 0.15) is 27.0 Å². The van der Waals surface area contributed by atoms with Gasteiger partial charge in [0.25, 0.3) is 5.91 Å². The molecule has 0 radical (unpaired) electrons. The number of hydrogen-bond acceptors (Lipinski definition) is 3. The first-order valence-electron chi connectivity index (χ1n) is 10.2. The first-order chi connectivity index (χ1) is 16.3. The Kier molecular flexibility index (Phi) is 6.62. The number of hydrogen-bond donors (Lipinski definition) is 1. The molecule has 0 spiro atoms. The normalized spacial score (nSPS) is 11.3. The van der Waals surface area contributed by atoms with Crippen LogP contribution >= 0.6 is 0 Å². The van der Waals surface area contributed by atoms with Gasteiger partial charge in [0.2, 0.25) is 0 Å². The smallest absolute Gasteiger partial charge is 0.419 e. The van der Waals surface area contributed by atoms with E-state index in [2.05, 4.69) is 10.4 Å². The van der Waals surface area contributed by atoms with E-state index < -0.39 is 17.6 Å². The summed E-state index contributed by atoms with van der Waals surface area (Å²) in [7, 11) is 0.